The molecule has 3 nitrogen and oxygen atoms in total. The molecule has 0 aliphatic rings. The number of carbonyl (C=O) groups excluding carboxylic acids is 1. The number of hydrogen-bond acceptors (Lipinski definition) is 2. The highest BCUT2D eigenvalue weighted by Gasteiger charge is 2.17. The fourth-order valence-corrected chi connectivity index (χ4v) is 1.04. The SMILES string of the molecule is CC(=O)c1c(C)ccc[n+]1O. The molecule has 0 aromatic carbocycles. The van der Waals surface area contributed by atoms with Crippen molar-refractivity contribution in [1.29, 1.82) is 0 Å². The van der Waals surface area contributed by atoms with Crippen molar-refractivity contribution in [1.82, 2.24) is 0 Å². The molecule has 1 aromatic heterocycles. The first-order valence-corrected chi connectivity index (χ1v) is 3.34. The van der Waals surface area contributed by atoms with Gasteiger partial charge in [-0.15, -0.1) is 0 Å². The average molecular weight is 152 g/mol. The van der Waals surface area contributed by atoms with Gasteiger partial charge in [0.2, 0.25) is 12.0 Å². The fourth-order valence-electron chi connectivity index (χ4n) is 1.04. The van der Waals surface area contributed by atoms with E-state index in [0.717, 1.165) is 10.3 Å². The molecular weight excluding hydrogens is 142 g/mol. The van der Waals surface area contributed by atoms with Crippen molar-refractivity contribution < 1.29 is 14.7 Å². The van der Waals surface area contributed by atoms with Gasteiger partial charge in [0.15, 0.2) is 0 Å². The van der Waals surface area contributed by atoms with Crippen molar-refractivity contribution in [3.8, 4) is 0 Å². The summed E-state index contributed by atoms with van der Waals surface area (Å²) in [6.07, 6.45) is 1.43. The summed E-state index contributed by atoms with van der Waals surface area (Å²) in [7, 11) is 0. The number of pyridine rings is 1. The summed E-state index contributed by atoms with van der Waals surface area (Å²) in [4.78, 5) is 10.9. The molecule has 0 amide bonds. The Morgan fingerprint density at radius 2 is 2.27 bits per heavy atom. The predicted molar refractivity (Wildman–Crippen MR) is 38.6 cm³/mol. The molecule has 1 heterocycles. The van der Waals surface area contributed by atoms with Crippen LogP contribution in [-0.2, 0) is 0 Å². The molecule has 0 spiro atoms. The van der Waals surface area contributed by atoms with Gasteiger partial charge in [0.05, 0.1) is 0 Å². The van der Waals surface area contributed by atoms with E-state index in [-0.39, 0.29) is 5.78 Å². The van der Waals surface area contributed by atoms with Gasteiger partial charge in [-0.2, -0.15) is 0 Å². The molecule has 0 atom stereocenters. The van der Waals surface area contributed by atoms with E-state index in [2.05, 4.69) is 0 Å². The first-order valence-electron chi connectivity index (χ1n) is 3.34. The number of rotatable bonds is 1. The smallest absolute Gasteiger partial charge is 0.288 e. The zero-order valence-electron chi connectivity index (χ0n) is 6.53. The molecule has 58 valence electrons. The highest BCUT2D eigenvalue weighted by Crippen LogP contribution is 2.00. The number of hydrogen-bond donors (Lipinski definition) is 1. The standard InChI is InChI=1S/C8H10NO2/c1-6-4-3-5-9(11)8(6)7(2)10/h3-5,11H,1-2H3/q+1. The largest absolute Gasteiger partial charge is 0.302 e. The maximum atomic E-state index is 10.9. The van der Waals surface area contributed by atoms with E-state index in [9.17, 15) is 4.79 Å². The normalized spacial score (nSPS) is 9.64. The Bertz CT molecular complexity index is 274. The van der Waals surface area contributed by atoms with Crippen molar-refractivity contribution in [3.05, 3.63) is 29.6 Å². The molecule has 1 N–H and O–H groups in total. The Kier molecular flexibility index (Phi) is 1.89. The third-order valence-corrected chi connectivity index (χ3v) is 1.51. The van der Waals surface area contributed by atoms with E-state index in [1.165, 1.54) is 13.1 Å². The quantitative estimate of drug-likeness (QED) is 0.366. The zero-order valence-corrected chi connectivity index (χ0v) is 6.53. The molecule has 3 heteroatoms. The van der Waals surface area contributed by atoms with Gasteiger partial charge in [-0.1, -0.05) is 0 Å². The molecule has 1 aromatic rings. The van der Waals surface area contributed by atoms with Crippen molar-refractivity contribution in [3.63, 3.8) is 0 Å². The van der Waals surface area contributed by atoms with Gasteiger partial charge in [0.25, 0.3) is 0 Å². The second kappa shape index (κ2) is 2.70. The maximum absolute atomic E-state index is 10.9. The minimum Gasteiger partial charge on any atom is -0.288 e. The predicted octanol–water partition coefficient (Wildman–Crippen LogP) is 0.722. The summed E-state index contributed by atoms with van der Waals surface area (Å²) in [5, 5.41) is 9.16. The average Bonchev–Trinajstić information content (AvgIpc) is 1.85. The van der Waals surface area contributed by atoms with Crippen LogP contribution in [0.3, 0.4) is 0 Å². The molecule has 1 rings (SSSR count). The van der Waals surface area contributed by atoms with E-state index >= 15 is 0 Å². The van der Waals surface area contributed by atoms with Crippen LogP contribution in [0.15, 0.2) is 18.3 Å². The summed E-state index contributed by atoms with van der Waals surface area (Å²) >= 11 is 0. The second-order valence-electron chi connectivity index (χ2n) is 2.44. The minimum absolute atomic E-state index is 0.134. The molecule has 0 aliphatic heterocycles. The van der Waals surface area contributed by atoms with Gasteiger partial charge < -0.3 is 0 Å². The number of aromatic nitrogens is 1. The number of carbonyl (C=O) groups is 1. The van der Waals surface area contributed by atoms with Gasteiger partial charge in [-0.05, 0) is 13.0 Å². The lowest BCUT2D eigenvalue weighted by atomic mass is 10.2. The van der Waals surface area contributed by atoms with Crippen LogP contribution < -0.4 is 4.73 Å². The van der Waals surface area contributed by atoms with Crippen LogP contribution in [0.2, 0.25) is 0 Å². The highest BCUT2D eigenvalue weighted by atomic mass is 16.5. The highest BCUT2D eigenvalue weighted by molar-refractivity contribution is 5.91. The summed E-state index contributed by atoms with van der Waals surface area (Å²) in [6, 6.07) is 3.46. The van der Waals surface area contributed by atoms with Crippen LogP contribution >= 0.6 is 0 Å². The molecule has 0 fully saturated rings. The third-order valence-electron chi connectivity index (χ3n) is 1.51. The van der Waals surface area contributed by atoms with Gasteiger partial charge in [0, 0.05) is 23.3 Å². The van der Waals surface area contributed by atoms with E-state index in [1.807, 2.05) is 0 Å². The third kappa shape index (κ3) is 1.37. The van der Waals surface area contributed by atoms with Crippen molar-refractivity contribution >= 4 is 5.78 Å². The molecule has 0 bridgehead atoms. The summed E-state index contributed by atoms with van der Waals surface area (Å²) in [5.41, 5.74) is 1.12. The van der Waals surface area contributed by atoms with E-state index in [1.54, 1.807) is 19.1 Å². The lowest BCUT2D eigenvalue weighted by Crippen LogP contribution is -2.37. The number of aryl methyl sites for hydroxylation is 1. The first-order chi connectivity index (χ1) is 5.13. The molecule has 0 unspecified atom stereocenters. The summed E-state index contributed by atoms with van der Waals surface area (Å²) < 4.78 is 0.845. The second-order valence-corrected chi connectivity index (χ2v) is 2.44. The van der Waals surface area contributed by atoms with Crippen LogP contribution in [0.25, 0.3) is 0 Å². The molecule has 0 saturated heterocycles. The molecular formula is C8H10NO2+. The molecule has 0 radical (unpaired) electrons. The van der Waals surface area contributed by atoms with E-state index < -0.39 is 0 Å². The van der Waals surface area contributed by atoms with Crippen LogP contribution in [-0.4, -0.2) is 11.0 Å². The minimum atomic E-state index is -0.134. The van der Waals surface area contributed by atoms with Crippen LogP contribution in [0.1, 0.15) is 23.0 Å². The van der Waals surface area contributed by atoms with Gasteiger partial charge >= 0.3 is 5.69 Å². The Balaban J connectivity index is 3.32. The van der Waals surface area contributed by atoms with Crippen LogP contribution in [0, 0.1) is 6.92 Å². The lowest BCUT2D eigenvalue weighted by Gasteiger charge is -1.94. The van der Waals surface area contributed by atoms with Gasteiger partial charge in [-0.25, -0.2) is 0 Å². The summed E-state index contributed by atoms with van der Waals surface area (Å²) in [6.45, 7) is 3.21. The number of nitrogens with zero attached hydrogens (tertiary/aromatic N) is 1. The molecule has 11 heavy (non-hydrogen) atoms. The van der Waals surface area contributed by atoms with Crippen molar-refractivity contribution in [2.45, 2.75) is 13.8 Å². The molecule has 0 aliphatic carbocycles. The van der Waals surface area contributed by atoms with Crippen molar-refractivity contribution in [2.24, 2.45) is 0 Å². The lowest BCUT2D eigenvalue weighted by molar-refractivity contribution is -0.906. The Morgan fingerprint density at radius 3 is 2.64 bits per heavy atom. The summed E-state index contributed by atoms with van der Waals surface area (Å²) in [5.74, 6) is -0.134. The number of ketones is 1. The number of Topliss-reactive ketones (excluding diaryl/α,β-unsaturated/α-hetero) is 1. The Hall–Kier alpha value is -1.38. The van der Waals surface area contributed by atoms with E-state index in [4.69, 9.17) is 5.21 Å². The van der Waals surface area contributed by atoms with Crippen molar-refractivity contribution in [2.75, 3.05) is 0 Å². The topological polar surface area (TPSA) is 41.2 Å². The fraction of sp³-hybridized carbons (Fsp3) is 0.250. The van der Waals surface area contributed by atoms with E-state index in [0.29, 0.717) is 5.69 Å². The maximum Gasteiger partial charge on any atom is 0.302 e. The first kappa shape index (κ1) is 7.72. The van der Waals surface area contributed by atoms with Gasteiger partial charge in [0.1, 0.15) is 0 Å². The molecule has 0 saturated carbocycles. The van der Waals surface area contributed by atoms with Gasteiger partial charge in [-0.3, -0.25) is 10.0 Å². The Morgan fingerprint density at radius 1 is 1.64 bits per heavy atom. The zero-order chi connectivity index (χ0) is 8.43. The van der Waals surface area contributed by atoms with Crippen LogP contribution in [0.4, 0.5) is 0 Å². The monoisotopic (exact) mass is 152 g/mol. The Labute approximate surface area is 64.9 Å². The van der Waals surface area contributed by atoms with Crippen LogP contribution in [0.5, 0.6) is 0 Å².